The van der Waals surface area contributed by atoms with Crippen molar-refractivity contribution in [2.24, 2.45) is 5.41 Å². The lowest BCUT2D eigenvalue weighted by Gasteiger charge is -2.30. The number of rotatable bonds is 8. The summed E-state index contributed by atoms with van der Waals surface area (Å²) in [7, 11) is -1.39. The minimum Gasteiger partial charge on any atom is -0.464 e. The number of hydrogen-bond acceptors (Lipinski definition) is 4. The topological polar surface area (TPSA) is 52.6 Å². The lowest BCUT2D eigenvalue weighted by molar-refractivity contribution is 0.482. The van der Waals surface area contributed by atoms with E-state index in [-0.39, 0.29) is 5.41 Å². The Morgan fingerprint density at radius 1 is 0.593 bits per heavy atom. The van der Waals surface area contributed by atoms with Gasteiger partial charge in [0.25, 0.3) is 0 Å². The molecule has 0 saturated carbocycles. The van der Waals surface area contributed by atoms with Gasteiger partial charge in [0.15, 0.2) is 0 Å². The molecular formula is C21H22O4P2. The third-order valence-corrected chi connectivity index (χ3v) is 9.75. The Labute approximate surface area is 161 Å². The molecule has 0 aliphatic heterocycles. The molecule has 4 rings (SSSR count). The van der Waals surface area contributed by atoms with E-state index in [1.165, 1.54) is 0 Å². The predicted octanol–water partition coefficient (Wildman–Crippen LogP) is 4.65. The standard InChI is InChI=1S/C21H22O4P2/c1-21(2,15-26(17-7-3-11-22-17)18-8-4-12-23-18)16-27(19-9-5-13-24-19)20-10-6-14-25-20/h3-14H,15-16H2,1-2H3. The first-order valence-corrected chi connectivity index (χ1v) is 11.9. The zero-order chi connectivity index (χ0) is 18.7. The molecule has 140 valence electrons. The molecule has 0 aliphatic rings. The van der Waals surface area contributed by atoms with Crippen molar-refractivity contribution in [1.82, 2.24) is 0 Å². The van der Waals surface area contributed by atoms with Crippen LogP contribution in [0.4, 0.5) is 0 Å². The lowest BCUT2D eigenvalue weighted by atomic mass is 10.00. The van der Waals surface area contributed by atoms with Crippen LogP contribution in [-0.4, -0.2) is 12.3 Å². The molecule has 0 fully saturated rings. The Hall–Kier alpha value is -2.02. The van der Waals surface area contributed by atoms with E-state index in [1.807, 2.05) is 48.5 Å². The predicted molar refractivity (Wildman–Crippen MR) is 111 cm³/mol. The SMILES string of the molecule is CC(C)(CP(c1ccco1)c1ccco1)CP(c1ccco1)c1ccco1. The normalized spacial score (nSPS) is 12.3. The van der Waals surface area contributed by atoms with Crippen LogP contribution in [-0.2, 0) is 0 Å². The molecule has 27 heavy (non-hydrogen) atoms. The van der Waals surface area contributed by atoms with E-state index in [0.717, 1.165) is 34.3 Å². The van der Waals surface area contributed by atoms with E-state index >= 15 is 0 Å². The van der Waals surface area contributed by atoms with E-state index < -0.39 is 15.8 Å². The van der Waals surface area contributed by atoms with Crippen LogP contribution < -0.4 is 22.0 Å². The van der Waals surface area contributed by atoms with E-state index in [0.29, 0.717) is 0 Å². The van der Waals surface area contributed by atoms with Gasteiger partial charge in [0.05, 0.1) is 25.1 Å². The van der Waals surface area contributed by atoms with Gasteiger partial charge in [0, 0.05) is 15.8 Å². The lowest BCUT2D eigenvalue weighted by Crippen LogP contribution is -2.28. The third kappa shape index (κ3) is 4.29. The summed E-state index contributed by atoms with van der Waals surface area (Å²) in [4.78, 5) is 0. The maximum absolute atomic E-state index is 5.75. The number of furan rings is 4. The summed E-state index contributed by atoms with van der Waals surface area (Å²) >= 11 is 0. The summed E-state index contributed by atoms with van der Waals surface area (Å²) in [5, 5.41) is 0. The highest BCUT2D eigenvalue weighted by molar-refractivity contribution is 7.73. The molecule has 4 aromatic heterocycles. The summed E-state index contributed by atoms with van der Waals surface area (Å²) < 4.78 is 23.0. The Kier molecular flexibility index (Phi) is 5.38. The molecule has 0 saturated heterocycles. The van der Waals surface area contributed by atoms with Crippen molar-refractivity contribution < 1.29 is 17.7 Å². The summed E-state index contributed by atoms with van der Waals surface area (Å²) in [5.41, 5.74) is 4.01. The van der Waals surface area contributed by atoms with Gasteiger partial charge in [-0.15, -0.1) is 0 Å². The molecule has 4 heterocycles. The first kappa shape index (κ1) is 18.3. The van der Waals surface area contributed by atoms with Gasteiger partial charge >= 0.3 is 0 Å². The average molecular weight is 400 g/mol. The molecule has 4 aromatic rings. The first-order chi connectivity index (χ1) is 13.1. The van der Waals surface area contributed by atoms with Crippen LogP contribution in [0.2, 0.25) is 0 Å². The molecule has 0 unspecified atom stereocenters. The van der Waals surface area contributed by atoms with Crippen LogP contribution in [0, 0.1) is 5.41 Å². The van der Waals surface area contributed by atoms with Crippen molar-refractivity contribution in [1.29, 1.82) is 0 Å². The third-order valence-electron chi connectivity index (χ3n) is 4.26. The molecule has 0 spiro atoms. The molecule has 0 aliphatic carbocycles. The molecule has 4 nitrogen and oxygen atoms in total. The fraction of sp³-hybridized carbons (Fsp3) is 0.238. The minimum absolute atomic E-state index is 0.0383. The van der Waals surface area contributed by atoms with Crippen LogP contribution in [0.25, 0.3) is 0 Å². The van der Waals surface area contributed by atoms with Crippen LogP contribution in [0.3, 0.4) is 0 Å². The fourth-order valence-electron chi connectivity index (χ4n) is 3.13. The summed E-state index contributed by atoms with van der Waals surface area (Å²) in [5.74, 6) is 0. The van der Waals surface area contributed by atoms with Gasteiger partial charge in [0.1, 0.15) is 22.0 Å². The van der Waals surface area contributed by atoms with E-state index in [2.05, 4.69) is 13.8 Å². The van der Waals surface area contributed by atoms with E-state index in [4.69, 9.17) is 17.7 Å². The largest absolute Gasteiger partial charge is 0.464 e. The molecular weight excluding hydrogens is 378 g/mol. The van der Waals surface area contributed by atoms with Gasteiger partial charge in [0.2, 0.25) is 0 Å². The van der Waals surface area contributed by atoms with Crippen molar-refractivity contribution >= 4 is 37.8 Å². The van der Waals surface area contributed by atoms with Crippen molar-refractivity contribution in [3.05, 3.63) is 73.6 Å². The van der Waals surface area contributed by atoms with Gasteiger partial charge in [-0.3, -0.25) is 0 Å². The zero-order valence-corrected chi connectivity index (χ0v) is 17.2. The summed E-state index contributed by atoms with van der Waals surface area (Å²) in [6.45, 7) is 4.60. The average Bonchev–Trinajstić information content (AvgIpc) is 3.45. The number of hydrogen-bond donors (Lipinski definition) is 0. The Balaban J connectivity index is 1.59. The Morgan fingerprint density at radius 2 is 0.889 bits per heavy atom. The van der Waals surface area contributed by atoms with Gasteiger partial charge < -0.3 is 17.7 Å². The van der Waals surface area contributed by atoms with Crippen LogP contribution in [0.15, 0.2) is 91.3 Å². The zero-order valence-electron chi connectivity index (χ0n) is 15.4. The smallest absolute Gasteiger partial charge is 0.133 e. The second kappa shape index (κ2) is 7.92. The molecule has 0 amide bonds. The quantitative estimate of drug-likeness (QED) is 0.404. The molecule has 0 aromatic carbocycles. The van der Waals surface area contributed by atoms with E-state index in [9.17, 15) is 0 Å². The van der Waals surface area contributed by atoms with Crippen molar-refractivity contribution in [2.45, 2.75) is 13.8 Å². The van der Waals surface area contributed by atoms with Crippen LogP contribution in [0.1, 0.15) is 13.8 Å². The fourth-order valence-corrected chi connectivity index (χ4v) is 8.12. The van der Waals surface area contributed by atoms with Crippen molar-refractivity contribution in [2.75, 3.05) is 12.3 Å². The second-order valence-corrected chi connectivity index (χ2v) is 11.2. The van der Waals surface area contributed by atoms with Crippen molar-refractivity contribution in [3.8, 4) is 0 Å². The second-order valence-electron chi connectivity index (χ2n) is 7.14. The monoisotopic (exact) mass is 400 g/mol. The summed E-state index contributed by atoms with van der Waals surface area (Å²) in [6.07, 6.45) is 8.87. The van der Waals surface area contributed by atoms with Gasteiger partial charge in [-0.2, -0.15) is 0 Å². The minimum atomic E-state index is -0.695. The molecule has 0 bridgehead atoms. The molecule has 0 radical (unpaired) electrons. The molecule has 0 N–H and O–H groups in total. The molecule has 0 atom stereocenters. The van der Waals surface area contributed by atoms with Gasteiger partial charge in [-0.25, -0.2) is 0 Å². The van der Waals surface area contributed by atoms with Gasteiger partial charge in [-0.1, -0.05) is 13.8 Å². The van der Waals surface area contributed by atoms with Crippen LogP contribution >= 0.6 is 15.8 Å². The first-order valence-electron chi connectivity index (χ1n) is 8.81. The highest BCUT2D eigenvalue weighted by Crippen LogP contribution is 2.47. The van der Waals surface area contributed by atoms with Crippen LogP contribution in [0.5, 0.6) is 0 Å². The van der Waals surface area contributed by atoms with Crippen molar-refractivity contribution in [3.63, 3.8) is 0 Å². The molecule has 6 heteroatoms. The summed E-state index contributed by atoms with van der Waals surface area (Å²) in [6, 6.07) is 16.0. The Morgan fingerprint density at radius 3 is 1.11 bits per heavy atom. The highest BCUT2D eigenvalue weighted by atomic mass is 31.1. The highest BCUT2D eigenvalue weighted by Gasteiger charge is 2.33. The maximum atomic E-state index is 5.75. The van der Waals surface area contributed by atoms with Gasteiger partial charge in [-0.05, 0) is 66.3 Å². The van der Waals surface area contributed by atoms with E-state index in [1.54, 1.807) is 25.1 Å². The maximum Gasteiger partial charge on any atom is 0.133 e. The Bertz CT molecular complexity index is 762.